The Bertz CT molecular complexity index is 159. The van der Waals surface area contributed by atoms with Gasteiger partial charge in [-0.25, -0.2) is 0 Å². The molecule has 1 heteroatoms. The summed E-state index contributed by atoms with van der Waals surface area (Å²) in [6, 6.07) is 0. The maximum Gasteiger partial charge on any atom is -0.00187 e. The fraction of sp³-hybridized carbons (Fsp3) is 1.00. The molecule has 116 valence electrons. The molecule has 0 unspecified atom stereocenters. The van der Waals surface area contributed by atoms with E-state index < -0.39 is 0 Å². The molecular weight excluding hydrogens is 230 g/mol. The fourth-order valence-electron chi connectivity index (χ4n) is 2.49. The van der Waals surface area contributed by atoms with Crippen LogP contribution in [0.1, 0.15) is 86.0 Å². The first kappa shape index (κ1) is 19.0. The Morgan fingerprint density at radius 2 is 1.05 bits per heavy atom. The second-order valence-corrected chi connectivity index (χ2v) is 6.97. The molecule has 1 nitrogen and oxygen atoms in total. The van der Waals surface area contributed by atoms with Gasteiger partial charge in [-0.2, -0.15) is 0 Å². The van der Waals surface area contributed by atoms with Gasteiger partial charge in [0.15, 0.2) is 0 Å². The van der Waals surface area contributed by atoms with E-state index in [0.29, 0.717) is 0 Å². The van der Waals surface area contributed by atoms with Crippen LogP contribution in [0.5, 0.6) is 0 Å². The summed E-state index contributed by atoms with van der Waals surface area (Å²) < 4.78 is 0. The predicted molar refractivity (Wildman–Crippen MR) is 88.7 cm³/mol. The van der Waals surface area contributed by atoms with Gasteiger partial charge in [-0.1, -0.05) is 66.7 Å². The molecule has 0 aliphatic carbocycles. The Balaban J connectivity index is 3.68. The van der Waals surface area contributed by atoms with Gasteiger partial charge in [0, 0.05) is 0 Å². The quantitative estimate of drug-likeness (QED) is 0.385. The molecule has 19 heavy (non-hydrogen) atoms. The minimum atomic E-state index is 0.870. The summed E-state index contributed by atoms with van der Waals surface area (Å²) in [7, 11) is 0. The molecule has 0 amide bonds. The zero-order valence-electron chi connectivity index (χ0n) is 14.4. The first-order valence-corrected chi connectivity index (χ1v) is 8.78. The fourth-order valence-corrected chi connectivity index (χ4v) is 2.49. The summed E-state index contributed by atoms with van der Waals surface area (Å²) in [5.74, 6) is 1.74. The average molecular weight is 270 g/mol. The van der Waals surface area contributed by atoms with E-state index in [1.54, 1.807) is 0 Å². The summed E-state index contributed by atoms with van der Waals surface area (Å²) in [5.41, 5.74) is 0. The monoisotopic (exact) mass is 269 g/mol. The van der Waals surface area contributed by atoms with Crippen LogP contribution in [0.4, 0.5) is 0 Å². The van der Waals surface area contributed by atoms with Crippen molar-refractivity contribution in [1.29, 1.82) is 0 Å². The third-order valence-corrected chi connectivity index (χ3v) is 3.84. The zero-order valence-corrected chi connectivity index (χ0v) is 14.4. The van der Waals surface area contributed by atoms with E-state index in [1.165, 1.54) is 71.0 Å². The van der Waals surface area contributed by atoms with Crippen molar-refractivity contribution in [3.05, 3.63) is 0 Å². The minimum absolute atomic E-state index is 0.870. The van der Waals surface area contributed by atoms with Crippen LogP contribution >= 0.6 is 0 Å². The molecule has 0 aromatic heterocycles. The lowest BCUT2D eigenvalue weighted by atomic mass is 10.1. The standard InChI is InChI=1S/C18H39N/c1-6-7-14-19(15-10-8-12-17(2)3)16-11-9-13-18(4)5/h17-18H,6-16H2,1-5H3. The highest BCUT2D eigenvalue weighted by Gasteiger charge is 2.05. The second-order valence-electron chi connectivity index (χ2n) is 6.97. The summed E-state index contributed by atoms with van der Waals surface area (Å²) >= 11 is 0. The lowest BCUT2D eigenvalue weighted by Gasteiger charge is -2.22. The molecule has 0 saturated heterocycles. The SMILES string of the molecule is CCCCN(CCCCC(C)C)CCCCC(C)C. The highest BCUT2D eigenvalue weighted by Crippen LogP contribution is 2.10. The van der Waals surface area contributed by atoms with Gasteiger partial charge >= 0.3 is 0 Å². The van der Waals surface area contributed by atoms with Crippen molar-refractivity contribution in [3.63, 3.8) is 0 Å². The van der Waals surface area contributed by atoms with E-state index in [9.17, 15) is 0 Å². The van der Waals surface area contributed by atoms with Crippen molar-refractivity contribution < 1.29 is 0 Å². The molecule has 0 heterocycles. The maximum absolute atomic E-state index is 2.71. The normalized spacial score (nSPS) is 12.0. The first-order valence-electron chi connectivity index (χ1n) is 8.78. The Morgan fingerprint density at radius 3 is 1.42 bits per heavy atom. The number of hydrogen-bond acceptors (Lipinski definition) is 1. The van der Waals surface area contributed by atoms with Crippen LogP contribution in [-0.4, -0.2) is 24.5 Å². The summed E-state index contributed by atoms with van der Waals surface area (Å²) in [6.07, 6.45) is 11.1. The Morgan fingerprint density at radius 1 is 0.632 bits per heavy atom. The van der Waals surface area contributed by atoms with Gasteiger partial charge < -0.3 is 4.90 Å². The third-order valence-electron chi connectivity index (χ3n) is 3.84. The van der Waals surface area contributed by atoms with Crippen LogP contribution in [0.25, 0.3) is 0 Å². The van der Waals surface area contributed by atoms with E-state index in [4.69, 9.17) is 0 Å². The topological polar surface area (TPSA) is 3.24 Å². The van der Waals surface area contributed by atoms with Crippen molar-refractivity contribution in [3.8, 4) is 0 Å². The van der Waals surface area contributed by atoms with Crippen LogP contribution in [0, 0.1) is 11.8 Å². The number of rotatable bonds is 13. The van der Waals surface area contributed by atoms with E-state index in [0.717, 1.165) is 11.8 Å². The third kappa shape index (κ3) is 14.2. The highest BCUT2D eigenvalue weighted by atomic mass is 15.1. The summed E-state index contributed by atoms with van der Waals surface area (Å²) in [4.78, 5) is 2.71. The average Bonchev–Trinajstić information content (AvgIpc) is 2.34. The summed E-state index contributed by atoms with van der Waals surface area (Å²) in [6.45, 7) is 15.6. The van der Waals surface area contributed by atoms with Gasteiger partial charge in [-0.15, -0.1) is 0 Å². The predicted octanol–water partition coefficient (Wildman–Crippen LogP) is 5.74. The highest BCUT2D eigenvalue weighted by molar-refractivity contribution is 4.60. The van der Waals surface area contributed by atoms with E-state index >= 15 is 0 Å². The van der Waals surface area contributed by atoms with E-state index in [2.05, 4.69) is 39.5 Å². The molecule has 0 spiro atoms. The summed E-state index contributed by atoms with van der Waals surface area (Å²) in [5, 5.41) is 0. The van der Waals surface area contributed by atoms with Crippen molar-refractivity contribution in [2.45, 2.75) is 86.0 Å². The van der Waals surface area contributed by atoms with Crippen molar-refractivity contribution in [2.75, 3.05) is 19.6 Å². The zero-order chi connectivity index (χ0) is 14.5. The molecule has 0 rings (SSSR count). The maximum atomic E-state index is 2.71. The van der Waals surface area contributed by atoms with Gasteiger partial charge in [0.05, 0.1) is 0 Å². The molecule has 0 fully saturated rings. The first-order chi connectivity index (χ1) is 9.06. The van der Waals surface area contributed by atoms with Gasteiger partial charge in [0.1, 0.15) is 0 Å². The lowest BCUT2D eigenvalue weighted by Crippen LogP contribution is -2.27. The van der Waals surface area contributed by atoms with Crippen LogP contribution in [0.3, 0.4) is 0 Å². The number of nitrogens with zero attached hydrogens (tertiary/aromatic N) is 1. The Labute approximate surface area is 123 Å². The van der Waals surface area contributed by atoms with Crippen LogP contribution in [0.2, 0.25) is 0 Å². The Kier molecular flexibility index (Phi) is 12.9. The molecule has 0 aromatic carbocycles. The second kappa shape index (κ2) is 13.0. The molecule has 0 aromatic rings. The van der Waals surface area contributed by atoms with Crippen LogP contribution in [-0.2, 0) is 0 Å². The van der Waals surface area contributed by atoms with Gasteiger partial charge in [0.25, 0.3) is 0 Å². The van der Waals surface area contributed by atoms with Crippen LogP contribution in [0.15, 0.2) is 0 Å². The van der Waals surface area contributed by atoms with Gasteiger partial charge in [0.2, 0.25) is 0 Å². The van der Waals surface area contributed by atoms with Gasteiger partial charge in [-0.3, -0.25) is 0 Å². The van der Waals surface area contributed by atoms with Crippen molar-refractivity contribution in [1.82, 2.24) is 4.90 Å². The molecule has 0 saturated carbocycles. The Hall–Kier alpha value is -0.0400. The number of unbranched alkanes of at least 4 members (excludes halogenated alkanes) is 3. The molecule has 0 atom stereocenters. The number of hydrogen-bond donors (Lipinski definition) is 0. The molecular formula is C18H39N. The van der Waals surface area contributed by atoms with Crippen molar-refractivity contribution in [2.24, 2.45) is 11.8 Å². The van der Waals surface area contributed by atoms with Gasteiger partial charge in [-0.05, 0) is 50.7 Å². The lowest BCUT2D eigenvalue weighted by molar-refractivity contribution is 0.254. The van der Waals surface area contributed by atoms with E-state index in [-0.39, 0.29) is 0 Å². The smallest absolute Gasteiger partial charge is 0.00187 e. The molecule has 0 radical (unpaired) electrons. The van der Waals surface area contributed by atoms with E-state index in [1.807, 2.05) is 0 Å². The molecule has 0 aliphatic heterocycles. The molecule has 0 aliphatic rings. The molecule has 0 N–H and O–H groups in total. The van der Waals surface area contributed by atoms with Crippen molar-refractivity contribution >= 4 is 0 Å². The largest absolute Gasteiger partial charge is 0.303 e. The molecule has 0 bridgehead atoms. The minimum Gasteiger partial charge on any atom is -0.303 e. The van der Waals surface area contributed by atoms with Crippen LogP contribution < -0.4 is 0 Å².